The molecule has 8 heteroatoms. The van der Waals surface area contributed by atoms with E-state index in [4.69, 9.17) is 5.11 Å². The molecule has 0 bridgehead atoms. The van der Waals surface area contributed by atoms with E-state index in [1.165, 1.54) is 6.92 Å². The molecule has 19 heavy (non-hydrogen) atoms. The topological polar surface area (TPSA) is 92.5 Å². The molecule has 1 rings (SSSR count). The average Bonchev–Trinajstić information content (AvgIpc) is 2.27. The number of nitrogens with one attached hydrogen (secondary N) is 1. The smallest absolute Gasteiger partial charge is 0.305 e. The minimum atomic E-state index is -1.34. The van der Waals surface area contributed by atoms with Crippen molar-refractivity contribution in [2.75, 3.05) is 6.54 Å². The van der Waals surface area contributed by atoms with Crippen LogP contribution in [0.5, 0.6) is 0 Å². The van der Waals surface area contributed by atoms with Crippen LogP contribution in [0, 0.1) is 21.7 Å². The van der Waals surface area contributed by atoms with Gasteiger partial charge in [-0.25, -0.2) is 4.39 Å². The summed E-state index contributed by atoms with van der Waals surface area (Å²) in [6.07, 6.45) is -0.399. The highest BCUT2D eigenvalue weighted by Crippen LogP contribution is 2.21. The number of benzene rings is 1. The van der Waals surface area contributed by atoms with Gasteiger partial charge in [-0.3, -0.25) is 14.9 Å². The Morgan fingerprint density at radius 2 is 2.11 bits per heavy atom. The maximum Gasteiger partial charge on any atom is 0.305 e. The summed E-state index contributed by atoms with van der Waals surface area (Å²) in [4.78, 5) is 21.0. The van der Waals surface area contributed by atoms with Gasteiger partial charge in [0.05, 0.1) is 16.6 Å². The lowest BCUT2D eigenvalue weighted by molar-refractivity contribution is -0.387. The number of aliphatic hydroxyl groups excluding tert-OH is 1. The minimum absolute atomic E-state index is 0.0705. The maximum absolute atomic E-state index is 13.4. The SMILES string of the molecule is CC(O)CCNC(=O)c1cc([N+](=O)[O-])c(F)cc1F. The second kappa shape index (κ2) is 6.19. The molecule has 0 aromatic heterocycles. The summed E-state index contributed by atoms with van der Waals surface area (Å²) in [6.45, 7) is 1.58. The number of hydrogen-bond donors (Lipinski definition) is 2. The first-order valence-electron chi connectivity index (χ1n) is 5.42. The highest BCUT2D eigenvalue weighted by atomic mass is 19.1. The summed E-state index contributed by atoms with van der Waals surface area (Å²) in [5.41, 5.74) is -1.58. The number of aliphatic hydroxyl groups is 1. The highest BCUT2D eigenvalue weighted by molar-refractivity contribution is 5.95. The van der Waals surface area contributed by atoms with Crippen LogP contribution < -0.4 is 5.32 Å². The van der Waals surface area contributed by atoms with E-state index in [2.05, 4.69) is 5.32 Å². The predicted octanol–water partition coefficient (Wildman–Crippen LogP) is 1.37. The van der Waals surface area contributed by atoms with Gasteiger partial charge in [-0.15, -0.1) is 0 Å². The van der Waals surface area contributed by atoms with Crippen molar-refractivity contribution in [1.29, 1.82) is 0 Å². The van der Waals surface area contributed by atoms with Gasteiger partial charge in [-0.2, -0.15) is 4.39 Å². The van der Waals surface area contributed by atoms with E-state index in [0.29, 0.717) is 12.1 Å². The number of rotatable bonds is 5. The Bertz CT molecular complexity index is 506. The standard InChI is InChI=1S/C11H12F2N2O4/c1-6(16)2-3-14-11(17)7-4-10(15(18)19)9(13)5-8(7)12/h4-6,16H,2-3H2,1H3,(H,14,17). The molecule has 104 valence electrons. The highest BCUT2D eigenvalue weighted by Gasteiger charge is 2.22. The molecule has 6 nitrogen and oxygen atoms in total. The number of nitrogens with zero attached hydrogens (tertiary/aromatic N) is 1. The van der Waals surface area contributed by atoms with Crippen LogP contribution in [0.25, 0.3) is 0 Å². The minimum Gasteiger partial charge on any atom is -0.393 e. The number of hydrogen-bond acceptors (Lipinski definition) is 4. The van der Waals surface area contributed by atoms with Gasteiger partial charge >= 0.3 is 5.69 Å². The lowest BCUT2D eigenvalue weighted by Gasteiger charge is -2.07. The van der Waals surface area contributed by atoms with Crippen molar-refractivity contribution in [2.24, 2.45) is 0 Å². The summed E-state index contributed by atoms with van der Waals surface area (Å²) in [6, 6.07) is 0.837. The zero-order chi connectivity index (χ0) is 14.6. The number of amides is 1. The fourth-order valence-electron chi connectivity index (χ4n) is 1.34. The first-order chi connectivity index (χ1) is 8.82. The van der Waals surface area contributed by atoms with Crippen molar-refractivity contribution in [1.82, 2.24) is 5.32 Å². The van der Waals surface area contributed by atoms with Crippen LogP contribution in [0.4, 0.5) is 14.5 Å². The van der Waals surface area contributed by atoms with Crippen LogP contribution in [0.2, 0.25) is 0 Å². The average molecular weight is 274 g/mol. The van der Waals surface area contributed by atoms with E-state index in [0.717, 1.165) is 0 Å². The molecule has 0 aliphatic rings. The third-order valence-electron chi connectivity index (χ3n) is 2.33. The second-order valence-electron chi connectivity index (χ2n) is 3.93. The van der Waals surface area contributed by atoms with Gasteiger partial charge in [0.15, 0.2) is 0 Å². The van der Waals surface area contributed by atoms with Crippen molar-refractivity contribution < 1.29 is 23.6 Å². The van der Waals surface area contributed by atoms with Gasteiger partial charge in [0, 0.05) is 18.7 Å². The Hall–Kier alpha value is -2.09. The lowest BCUT2D eigenvalue weighted by Crippen LogP contribution is -2.27. The van der Waals surface area contributed by atoms with E-state index in [9.17, 15) is 23.7 Å². The Morgan fingerprint density at radius 1 is 1.47 bits per heavy atom. The largest absolute Gasteiger partial charge is 0.393 e. The number of nitro groups is 1. The Labute approximate surface area is 107 Å². The quantitative estimate of drug-likeness (QED) is 0.626. The number of carbonyl (C=O) groups is 1. The molecular formula is C11H12F2N2O4. The molecule has 1 amide bonds. The zero-order valence-corrected chi connectivity index (χ0v) is 10.0. The third kappa shape index (κ3) is 3.95. The molecule has 0 saturated carbocycles. The molecule has 1 aromatic carbocycles. The van der Waals surface area contributed by atoms with Gasteiger partial charge in [0.2, 0.25) is 5.82 Å². The third-order valence-corrected chi connectivity index (χ3v) is 2.33. The van der Waals surface area contributed by atoms with Crippen molar-refractivity contribution in [3.05, 3.63) is 39.4 Å². The first kappa shape index (κ1) is 15.0. The van der Waals surface area contributed by atoms with Crippen LogP contribution >= 0.6 is 0 Å². The monoisotopic (exact) mass is 274 g/mol. The maximum atomic E-state index is 13.4. The molecule has 0 saturated heterocycles. The summed E-state index contributed by atoms with van der Waals surface area (Å²) in [7, 11) is 0. The molecule has 0 aliphatic carbocycles. The van der Waals surface area contributed by atoms with Gasteiger partial charge in [0.1, 0.15) is 5.82 Å². The molecule has 0 fully saturated rings. The molecule has 1 atom stereocenters. The van der Waals surface area contributed by atoms with Gasteiger partial charge in [-0.1, -0.05) is 0 Å². The molecule has 0 spiro atoms. The fraction of sp³-hybridized carbons (Fsp3) is 0.364. The molecule has 1 aromatic rings. The van der Waals surface area contributed by atoms with E-state index in [-0.39, 0.29) is 13.0 Å². The summed E-state index contributed by atoms with van der Waals surface area (Å²) in [5, 5.41) is 21.7. The second-order valence-corrected chi connectivity index (χ2v) is 3.93. The number of nitro benzene ring substituents is 1. The van der Waals surface area contributed by atoms with Crippen LogP contribution in [0.15, 0.2) is 12.1 Å². The normalized spacial score (nSPS) is 12.0. The van der Waals surface area contributed by atoms with Crippen molar-refractivity contribution >= 4 is 11.6 Å². The van der Waals surface area contributed by atoms with Crippen molar-refractivity contribution in [2.45, 2.75) is 19.4 Å². The molecule has 0 heterocycles. The first-order valence-corrected chi connectivity index (χ1v) is 5.42. The summed E-state index contributed by atoms with van der Waals surface area (Å²) >= 11 is 0. The Balaban J connectivity index is 2.90. The summed E-state index contributed by atoms with van der Waals surface area (Å²) in [5.74, 6) is -3.43. The van der Waals surface area contributed by atoms with Gasteiger partial charge in [-0.05, 0) is 13.3 Å². The lowest BCUT2D eigenvalue weighted by atomic mass is 10.1. The Morgan fingerprint density at radius 3 is 2.63 bits per heavy atom. The van der Waals surface area contributed by atoms with Crippen LogP contribution in [-0.4, -0.2) is 28.6 Å². The molecule has 0 aliphatic heterocycles. The molecular weight excluding hydrogens is 262 g/mol. The Kier molecular flexibility index (Phi) is 4.87. The van der Waals surface area contributed by atoms with E-state index < -0.39 is 39.8 Å². The van der Waals surface area contributed by atoms with Crippen molar-refractivity contribution in [3.63, 3.8) is 0 Å². The predicted molar refractivity (Wildman–Crippen MR) is 61.6 cm³/mol. The van der Waals surface area contributed by atoms with Gasteiger partial charge in [0.25, 0.3) is 5.91 Å². The molecule has 1 unspecified atom stereocenters. The van der Waals surface area contributed by atoms with E-state index in [1.54, 1.807) is 0 Å². The summed E-state index contributed by atoms with van der Waals surface area (Å²) < 4.78 is 26.4. The van der Waals surface area contributed by atoms with Crippen LogP contribution in [0.3, 0.4) is 0 Å². The van der Waals surface area contributed by atoms with Crippen LogP contribution in [-0.2, 0) is 0 Å². The number of carbonyl (C=O) groups excluding carboxylic acids is 1. The molecule has 2 N–H and O–H groups in total. The van der Waals surface area contributed by atoms with E-state index >= 15 is 0 Å². The van der Waals surface area contributed by atoms with Crippen molar-refractivity contribution in [3.8, 4) is 0 Å². The van der Waals surface area contributed by atoms with Gasteiger partial charge < -0.3 is 10.4 Å². The molecule has 0 radical (unpaired) electrons. The fourth-order valence-corrected chi connectivity index (χ4v) is 1.34. The zero-order valence-electron chi connectivity index (χ0n) is 10.0. The number of halogens is 2. The van der Waals surface area contributed by atoms with E-state index in [1.807, 2.05) is 0 Å². The van der Waals surface area contributed by atoms with Crippen LogP contribution in [0.1, 0.15) is 23.7 Å².